The molecule has 0 amide bonds. The molecule has 0 spiro atoms. The number of nitrogens with one attached hydrogen (secondary N) is 1. The summed E-state index contributed by atoms with van der Waals surface area (Å²) in [6, 6.07) is 8.13. The molecule has 1 aliphatic rings. The van der Waals surface area contributed by atoms with Gasteiger partial charge in [-0.15, -0.1) is 5.10 Å². The van der Waals surface area contributed by atoms with E-state index < -0.39 is 0 Å². The molecule has 1 aliphatic heterocycles. The first-order valence-corrected chi connectivity index (χ1v) is 7.96. The van der Waals surface area contributed by atoms with Crippen LogP contribution in [0.1, 0.15) is 19.3 Å². The van der Waals surface area contributed by atoms with E-state index >= 15 is 0 Å². The van der Waals surface area contributed by atoms with Crippen LogP contribution >= 0.6 is 11.8 Å². The summed E-state index contributed by atoms with van der Waals surface area (Å²) in [5.41, 5.74) is 2.10. The van der Waals surface area contributed by atoms with E-state index in [4.69, 9.17) is 4.74 Å². The minimum atomic E-state index is 0.357. The maximum atomic E-state index is 5.77. The second kappa shape index (κ2) is 5.10. The van der Waals surface area contributed by atoms with Crippen LogP contribution < -0.4 is 0 Å². The van der Waals surface area contributed by atoms with E-state index in [1.165, 1.54) is 12.8 Å². The lowest BCUT2D eigenvalue weighted by atomic mass is 10.1. The third-order valence-electron chi connectivity index (χ3n) is 3.68. The summed E-state index contributed by atoms with van der Waals surface area (Å²) in [7, 11) is 0. The molecule has 6 heteroatoms. The highest BCUT2D eigenvalue weighted by Gasteiger charge is 2.17. The zero-order chi connectivity index (χ0) is 13.4. The van der Waals surface area contributed by atoms with Gasteiger partial charge in [-0.25, -0.2) is 10.1 Å². The van der Waals surface area contributed by atoms with Gasteiger partial charge in [0, 0.05) is 12.4 Å². The molecular formula is C14H16N4OS. The zero-order valence-corrected chi connectivity index (χ0v) is 11.9. The van der Waals surface area contributed by atoms with Crippen LogP contribution in [0.25, 0.3) is 16.8 Å². The monoisotopic (exact) mass is 288 g/mol. The summed E-state index contributed by atoms with van der Waals surface area (Å²) < 4.78 is 7.86. The van der Waals surface area contributed by atoms with E-state index in [9.17, 15) is 0 Å². The van der Waals surface area contributed by atoms with Crippen molar-refractivity contribution in [1.29, 1.82) is 0 Å². The Morgan fingerprint density at radius 3 is 3.20 bits per heavy atom. The van der Waals surface area contributed by atoms with Crippen molar-refractivity contribution >= 4 is 28.6 Å². The quantitative estimate of drug-likeness (QED) is 0.753. The van der Waals surface area contributed by atoms with Crippen LogP contribution in [-0.4, -0.2) is 38.0 Å². The van der Waals surface area contributed by atoms with Crippen LogP contribution in [0.2, 0.25) is 0 Å². The predicted octanol–water partition coefficient (Wildman–Crippen LogP) is 2.87. The molecule has 1 fully saturated rings. The van der Waals surface area contributed by atoms with Crippen LogP contribution in [0, 0.1) is 0 Å². The smallest absolute Gasteiger partial charge is 0.231 e. The van der Waals surface area contributed by atoms with Gasteiger partial charge in [-0.1, -0.05) is 23.9 Å². The van der Waals surface area contributed by atoms with Gasteiger partial charge in [0.15, 0.2) is 5.16 Å². The lowest BCUT2D eigenvalue weighted by molar-refractivity contribution is 0.0315. The topological polar surface area (TPSA) is 55.2 Å². The van der Waals surface area contributed by atoms with E-state index in [0.717, 1.165) is 40.7 Å². The molecule has 0 radical (unpaired) electrons. The number of aromatic nitrogens is 4. The van der Waals surface area contributed by atoms with Gasteiger partial charge in [-0.3, -0.25) is 4.40 Å². The van der Waals surface area contributed by atoms with Crippen molar-refractivity contribution < 1.29 is 4.74 Å². The normalized spacial score (nSPS) is 19.9. The Hall–Kier alpha value is -1.53. The molecule has 1 N–H and O–H groups in total. The Bertz CT molecular complexity index is 729. The van der Waals surface area contributed by atoms with Gasteiger partial charge in [0.1, 0.15) is 0 Å². The van der Waals surface area contributed by atoms with Gasteiger partial charge < -0.3 is 4.74 Å². The van der Waals surface area contributed by atoms with Gasteiger partial charge >= 0.3 is 0 Å². The predicted molar refractivity (Wildman–Crippen MR) is 79.2 cm³/mol. The Balaban J connectivity index is 1.62. The van der Waals surface area contributed by atoms with E-state index in [1.807, 2.05) is 18.2 Å². The fourth-order valence-electron chi connectivity index (χ4n) is 2.65. The third-order valence-corrected chi connectivity index (χ3v) is 4.75. The second-order valence-electron chi connectivity index (χ2n) is 5.07. The van der Waals surface area contributed by atoms with Crippen molar-refractivity contribution in [1.82, 2.24) is 19.6 Å². The van der Waals surface area contributed by atoms with Crippen LogP contribution in [-0.2, 0) is 4.74 Å². The Morgan fingerprint density at radius 2 is 2.30 bits per heavy atom. The highest BCUT2D eigenvalue weighted by molar-refractivity contribution is 7.99. The number of thioether (sulfide) groups is 1. The lowest BCUT2D eigenvalue weighted by Crippen LogP contribution is -2.21. The first-order chi connectivity index (χ1) is 9.92. The fraction of sp³-hybridized carbons (Fsp3) is 0.429. The highest BCUT2D eigenvalue weighted by atomic mass is 32.2. The molecule has 1 atom stereocenters. The van der Waals surface area contributed by atoms with E-state index in [0.29, 0.717) is 6.10 Å². The zero-order valence-electron chi connectivity index (χ0n) is 11.1. The number of rotatable bonds is 3. The average Bonchev–Trinajstić information content (AvgIpc) is 3.05. The largest absolute Gasteiger partial charge is 0.377 e. The van der Waals surface area contributed by atoms with Gasteiger partial charge in [-0.05, 0) is 31.4 Å². The summed E-state index contributed by atoms with van der Waals surface area (Å²) >= 11 is 1.74. The maximum absolute atomic E-state index is 5.77. The summed E-state index contributed by atoms with van der Waals surface area (Å²) in [5.74, 6) is 1.75. The maximum Gasteiger partial charge on any atom is 0.231 e. The van der Waals surface area contributed by atoms with E-state index in [-0.39, 0.29) is 0 Å². The van der Waals surface area contributed by atoms with Crippen LogP contribution in [0.15, 0.2) is 29.4 Å². The molecule has 1 saturated heterocycles. The molecule has 4 rings (SSSR count). The minimum Gasteiger partial charge on any atom is -0.377 e. The molecule has 0 saturated carbocycles. The molecule has 104 valence electrons. The molecule has 5 nitrogen and oxygen atoms in total. The molecule has 1 unspecified atom stereocenters. The molecule has 0 aliphatic carbocycles. The van der Waals surface area contributed by atoms with Crippen molar-refractivity contribution in [2.75, 3.05) is 12.4 Å². The van der Waals surface area contributed by atoms with Crippen LogP contribution in [0.5, 0.6) is 0 Å². The van der Waals surface area contributed by atoms with Crippen molar-refractivity contribution in [3.63, 3.8) is 0 Å². The van der Waals surface area contributed by atoms with Gasteiger partial charge in [0.05, 0.1) is 17.1 Å². The van der Waals surface area contributed by atoms with Crippen molar-refractivity contribution in [2.45, 2.75) is 30.5 Å². The molecule has 20 heavy (non-hydrogen) atoms. The number of ether oxygens (including phenoxy) is 1. The van der Waals surface area contributed by atoms with Crippen molar-refractivity contribution in [3.8, 4) is 0 Å². The third kappa shape index (κ3) is 2.09. The van der Waals surface area contributed by atoms with Crippen molar-refractivity contribution in [3.05, 3.63) is 24.3 Å². The number of benzene rings is 1. The molecule has 0 bridgehead atoms. The Kier molecular flexibility index (Phi) is 3.12. The van der Waals surface area contributed by atoms with Crippen molar-refractivity contribution in [2.24, 2.45) is 0 Å². The summed E-state index contributed by atoms with van der Waals surface area (Å²) in [6.45, 7) is 0.898. The number of nitrogens with zero attached hydrogens (tertiary/aromatic N) is 3. The van der Waals surface area contributed by atoms with E-state index in [1.54, 1.807) is 11.8 Å². The minimum absolute atomic E-state index is 0.357. The standard InChI is InChI=1S/C14H16N4OS/c1-2-7-12-11(6-1)15-13-16-17-14(18(12)13)20-9-10-5-3-4-8-19-10/h1-2,6-7,10H,3-5,8-9H2,(H,15,16). The Labute approximate surface area is 120 Å². The number of aromatic amines is 1. The van der Waals surface area contributed by atoms with Crippen LogP contribution in [0.4, 0.5) is 0 Å². The summed E-state index contributed by atoms with van der Waals surface area (Å²) in [6.07, 6.45) is 3.98. The SMILES string of the molecule is c1ccc2c(c1)nc1[nH]nc(SCC3CCCCO3)n12. The van der Waals surface area contributed by atoms with Gasteiger partial charge in [-0.2, -0.15) is 0 Å². The summed E-state index contributed by atoms with van der Waals surface area (Å²) in [4.78, 5) is 4.53. The molecule has 3 heterocycles. The first kappa shape index (κ1) is 12.2. The van der Waals surface area contributed by atoms with Gasteiger partial charge in [0.25, 0.3) is 0 Å². The second-order valence-corrected chi connectivity index (χ2v) is 6.05. The highest BCUT2D eigenvalue weighted by Crippen LogP contribution is 2.25. The molecular weight excluding hydrogens is 272 g/mol. The molecule has 2 aromatic heterocycles. The van der Waals surface area contributed by atoms with E-state index in [2.05, 4.69) is 25.6 Å². The number of fused-ring (bicyclic) bond motifs is 3. The number of H-pyrrole nitrogens is 1. The first-order valence-electron chi connectivity index (χ1n) is 6.98. The van der Waals surface area contributed by atoms with Gasteiger partial charge in [0.2, 0.25) is 5.78 Å². The number of hydrogen-bond donors (Lipinski definition) is 1. The molecule has 3 aromatic rings. The number of imidazole rings is 1. The Morgan fingerprint density at radius 1 is 1.35 bits per heavy atom. The summed E-state index contributed by atoms with van der Waals surface area (Å²) in [5, 5.41) is 8.34. The average molecular weight is 288 g/mol. The number of hydrogen-bond acceptors (Lipinski definition) is 4. The molecule has 1 aromatic carbocycles. The lowest BCUT2D eigenvalue weighted by Gasteiger charge is -2.21. The number of para-hydroxylation sites is 2. The van der Waals surface area contributed by atoms with Crippen LogP contribution in [0.3, 0.4) is 0 Å². The fourth-order valence-corrected chi connectivity index (χ4v) is 3.67.